The summed E-state index contributed by atoms with van der Waals surface area (Å²) in [4.78, 5) is 14.4. The van der Waals surface area contributed by atoms with Gasteiger partial charge in [-0.2, -0.15) is 0 Å². The molecule has 1 saturated carbocycles. The third-order valence-electron chi connectivity index (χ3n) is 4.90. The number of hydrogen-bond acceptors (Lipinski definition) is 3. The molecule has 0 aromatic rings. The minimum atomic E-state index is -0.458. The molecule has 0 radical (unpaired) electrons. The maximum absolute atomic E-state index is 12.5. The molecule has 1 saturated heterocycles. The summed E-state index contributed by atoms with van der Waals surface area (Å²) in [6.07, 6.45) is 6.33. The van der Waals surface area contributed by atoms with E-state index >= 15 is 0 Å². The molecule has 0 spiro atoms. The summed E-state index contributed by atoms with van der Waals surface area (Å²) in [6.45, 7) is 4.19. The highest BCUT2D eigenvalue weighted by atomic mass is 16.2. The van der Waals surface area contributed by atoms with E-state index in [1.54, 1.807) is 6.82 Å². The first-order valence-corrected chi connectivity index (χ1v) is 7.20. The van der Waals surface area contributed by atoms with E-state index in [1.165, 1.54) is 12.8 Å². The molecule has 2 rings (SSSR count). The minimum Gasteiger partial charge on any atom is -0.449 e. The van der Waals surface area contributed by atoms with Gasteiger partial charge >= 0.3 is 6.92 Å². The van der Waals surface area contributed by atoms with Gasteiger partial charge in [-0.15, -0.1) is 0 Å². The molecular formula is C13H25BN2O2. The van der Waals surface area contributed by atoms with E-state index in [1.807, 2.05) is 4.90 Å². The van der Waals surface area contributed by atoms with Crippen molar-refractivity contribution < 1.29 is 9.82 Å². The van der Waals surface area contributed by atoms with Crippen LogP contribution in [0, 0.1) is 5.41 Å². The Labute approximate surface area is 110 Å². The van der Waals surface area contributed by atoms with Gasteiger partial charge in [0.1, 0.15) is 0 Å². The summed E-state index contributed by atoms with van der Waals surface area (Å²) in [5.74, 6) is 0.0105. The van der Waals surface area contributed by atoms with Crippen molar-refractivity contribution in [1.29, 1.82) is 0 Å². The Bertz CT molecular complexity index is 312. The van der Waals surface area contributed by atoms with Crippen LogP contribution in [0.4, 0.5) is 0 Å². The molecule has 0 bridgehead atoms. The van der Waals surface area contributed by atoms with Gasteiger partial charge in [-0.3, -0.25) is 4.79 Å². The summed E-state index contributed by atoms with van der Waals surface area (Å²) in [6, 6.07) is -0.403. The molecule has 18 heavy (non-hydrogen) atoms. The number of rotatable bonds is 3. The Morgan fingerprint density at radius 2 is 2.06 bits per heavy atom. The molecule has 102 valence electrons. The maximum atomic E-state index is 12.5. The second-order valence-corrected chi connectivity index (χ2v) is 6.32. The lowest BCUT2D eigenvalue weighted by Gasteiger charge is -2.35. The van der Waals surface area contributed by atoms with Crippen LogP contribution >= 0.6 is 0 Å². The normalized spacial score (nSPS) is 28.4. The van der Waals surface area contributed by atoms with Crippen molar-refractivity contribution in [2.45, 2.75) is 64.3 Å². The van der Waals surface area contributed by atoms with E-state index < -0.39 is 13.0 Å². The third-order valence-corrected chi connectivity index (χ3v) is 4.90. The number of nitrogens with two attached hydrogens (primary N) is 1. The molecule has 4 nitrogen and oxygen atoms in total. The van der Waals surface area contributed by atoms with Gasteiger partial charge in [0, 0.05) is 12.5 Å². The smallest absolute Gasteiger partial charge is 0.309 e. The van der Waals surface area contributed by atoms with E-state index in [-0.39, 0.29) is 17.3 Å². The van der Waals surface area contributed by atoms with Crippen molar-refractivity contribution in [3.63, 3.8) is 0 Å². The van der Waals surface area contributed by atoms with Crippen molar-refractivity contribution in [3.8, 4) is 0 Å². The highest BCUT2D eigenvalue weighted by Crippen LogP contribution is 2.40. The zero-order valence-electron chi connectivity index (χ0n) is 11.6. The number of hydrogen-bond donors (Lipinski definition) is 2. The van der Waals surface area contributed by atoms with E-state index in [0.29, 0.717) is 0 Å². The van der Waals surface area contributed by atoms with E-state index in [9.17, 15) is 9.82 Å². The number of likely N-dealkylation sites (tertiary alicyclic amines) is 1. The lowest BCUT2D eigenvalue weighted by atomic mass is 9.62. The topological polar surface area (TPSA) is 66.6 Å². The summed E-state index contributed by atoms with van der Waals surface area (Å²) in [5, 5.41) is 9.75. The van der Waals surface area contributed by atoms with Crippen LogP contribution in [0.25, 0.3) is 0 Å². The van der Waals surface area contributed by atoms with Gasteiger partial charge in [-0.25, -0.2) is 0 Å². The van der Waals surface area contributed by atoms with Gasteiger partial charge in [-0.1, -0.05) is 26.6 Å². The van der Waals surface area contributed by atoms with Crippen LogP contribution in [0.2, 0.25) is 6.82 Å². The molecule has 0 aromatic heterocycles. The number of amides is 1. The summed E-state index contributed by atoms with van der Waals surface area (Å²) >= 11 is 0. The standard InChI is InChI=1S/C13H25BN2O2/c1-13(7-3-4-8-13)11(15)12(17)16-9-5-6-10(16)14(2)18/h10-11,18H,3-9,15H2,1-2H3. The average molecular weight is 252 g/mol. The van der Waals surface area contributed by atoms with Crippen LogP contribution in [-0.2, 0) is 4.79 Å². The van der Waals surface area contributed by atoms with E-state index in [0.717, 1.165) is 32.2 Å². The Balaban J connectivity index is 2.06. The molecule has 1 aliphatic carbocycles. The third kappa shape index (κ3) is 2.43. The van der Waals surface area contributed by atoms with Crippen molar-refractivity contribution >= 4 is 12.8 Å². The largest absolute Gasteiger partial charge is 0.449 e. The summed E-state index contributed by atoms with van der Waals surface area (Å²) in [5.41, 5.74) is 6.19. The van der Waals surface area contributed by atoms with Gasteiger partial charge in [0.25, 0.3) is 0 Å². The molecule has 2 unspecified atom stereocenters. The lowest BCUT2D eigenvalue weighted by Crippen LogP contribution is -2.55. The Morgan fingerprint density at radius 1 is 1.44 bits per heavy atom. The predicted molar refractivity (Wildman–Crippen MR) is 73.1 cm³/mol. The second kappa shape index (κ2) is 5.21. The SMILES string of the molecule is CB(O)C1CCCN1C(=O)C(N)C1(C)CCCC1. The molecular weight excluding hydrogens is 227 g/mol. The summed E-state index contributed by atoms with van der Waals surface area (Å²) < 4.78 is 0. The van der Waals surface area contributed by atoms with Crippen LogP contribution in [0.5, 0.6) is 0 Å². The van der Waals surface area contributed by atoms with E-state index in [4.69, 9.17) is 5.73 Å². The minimum absolute atomic E-state index is 0.0337. The highest BCUT2D eigenvalue weighted by Gasteiger charge is 2.43. The van der Waals surface area contributed by atoms with Crippen LogP contribution in [0.1, 0.15) is 45.4 Å². The molecule has 1 amide bonds. The van der Waals surface area contributed by atoms with Gasteiger partial charge in [0.2, 0.25) is 5.91 Å². The van der Waals surface area contributed by atoms with E-state index in [2.05, 4.69) is 6.92 Å². The first kappa shape index (κ1) is 13.9. The first-order valence-electron chi connectivity index (χ1n) is 7.20. The molecule has 1 heterocycles. The zero-order chi connectivity index (χ0) is 13.3. The van der Waals surface area contributed by atoms with Crippen LogP contribution in [0.15, 0.2) is 0 Å². The molecule has 2 aliphatic rings. The molecule has 2 atom stereocenters. The number of nitrogens with zero attached hydrogens (tertiary/aromatic N) is 1. The van der Waals surface area contributed by atoms with Crippen LogP contribution < -0.4 is 5.73 Å². The van der Waals surface area contributed by atoms with Crippen molar-refractivity contribution in [1.82, 2.24) is 4.90 Å². The molecule has 5 heteroatoms. The fourth-order valence-corrected chi connectivity index (χ4v) is 3.54. The fourth-order valence-electron chi connectivity index (χ4n) is 3.54. The van der Waals surface area contributed by atoms with Crippen molar-refractivity contribution in [2.75, 3.05) is 6.54 Å². The highest BCUT2D eigenvalue weighted by molar-refractivity contribution is 6.51. The Hall–Kier alpha value is -0.545. The number of carbonyl (C=O) groups excluding carboxylic acids is 1. The molecule has 0 aromatic carbocycles. The zero-order valence-corrected chi connectivity index (χ0v) is 11.6. The van der Waals surface area contributed by atoms with Gasteiger partial charge in [0.05, 0.1) is 6.04 Å². The first-order chi connectivity index (χ1) is 8.46. The van der Waals surface area contributed by atoms with Crippen LogP contribution in [0.3, 0.4) is 0 Å². The van der Waals surface area contributed by atoms with Crippen LogP contribution in [-0.4, -0.2) is 41.3 Å². The second-order valence-electron chi connectivity index (χ2n) is 6.32. The van der Waals surface area contributed by atoms with Gasteiger partial charge < -0.3 is 15.7 Å². The fraction of sp³-hybridized carbons (Fsp3) is 0.923. The predicted octanol–water partition coefficient (Wildman–Crippen LogP) is 1.04. The Kier molecular flexibility index (Phi) is 4.02. The maximum Gasteiger partial charge on any atom is 0.309 e. The number of carbonyl (C=O) groups is 1. The monoisotopic (exact) mass is 252 g/mol. The lowest BCUT2D eigenvalue weighted by molar-refractivity contribution is -0.135. The van der Waals surface area contributed by atoms with Gasteiger partial charge in [0.15, 0.2) is 0 Å². The molecule has 3 N–H and O–H groups in total. The molecule has 1 aliphatic heterocycles. The molecule has 2 fully saturated rings. The van der Waals surface area contributed by atoms with Crippen molar-refractivity contribution in [2.24, 2.45) is 11.1 Å². The van der Waals surface area contributed by atoms with Crippen molar-refractivity contribution in [3.05, 3.63) is 0 Å². The van der Waals surface area contributed by atoms with Gasteiger partial charge in [-0.05, 0) is 31.1 Å². The summed E-state index contributed by atoms with van der Waals surface area (Å²) in [7, 11) is 0. The Morgan fingerprint density at radius 3 is 2.61 bits per heavy atom. The average Bonchev–Trinajstić information content (AvgIpc) is 2.96. The quantitative estimate of drug-likeness (QED) is 0.737.